The van der Waals surface area contributed by atoms with Crippen LogP contribution in [-0.4, -0.2) is 32.6 Å². The van der Waals surface area contributed by atoms with Crippen molar-refractivity contribution < 1.29 is 0 Å². The maximum Gasteiger partial charge on any atom is 0.0437 e. The van der Waals surface area contributed by atoms with Gasteiger partial charge < -0.3 is 9.80 Å². The van der Waals surface area contributed by atoms with E-state index in [9.17, 15) is 0 Å². The van der Waals surface area contributed by atoms with Crippen LogP contribution in [0, 0.1) is 6.92 Å². The molecular weight excluding hydrogens is 388 g/mol. The Hall–Kier alpha value is -3.10. The van der Waals surface area contributed by atoms with E-state index in [1.807, 2.05) is 0 Å². The lowest BCUT2D eigenvalue weighted by molar-refractivity contribution is 0.457. The largest absolute Gasteiger partial charge is 0.344 e. The van der Waals surface area contributed by atoms with Crippen molar-refractivity contribution in [3.63, 3.8) is 0 Å². The zero-order valence-electron chi connectivity index (χ0n) is 20.2. The Kier molecular flexibility index (Phi) is 8.47. The molecule has 0 heterocycles. The van der Waals surface area contributed by atoms with E-state index in [-0.39, 0.29) is 0 Å². The van der Waals surface area contributed by atoms with Crippen molar-refractivity contribution in [1.29, 1.82) is 0 Å². The molecule has 0 aromatic heterocycles. The van der Waals surface area contributed by atoms with Gasteiger partial charge >= 0.3 is 0 Å². The van der Waals surface area contributed by atoms with Crippen LogP contribution in [0.25, 0.3) is 6.08 Å². The molecule has 3 aromatic carbocycles. The second-order valence-corrected chi connectivity index (χ2v) is 8.81. The quantitative estimate of drug-likeness (QED) is 0.339. The minimum Gasteiger partial charge on any atom is -0.344 e. The number of nitrogens with zero attached hydrogens (tertiary/aromatic N) is 2. The molecule has 0 aliphatic carbocycles. The molecule has 0 saturated heterocycles. The minimum absolute atomic E-state index is 0.956. The van der Waals surface area contributed by atoms with Gasteiger partial charge in [0.05, 0.1) is 0 Å². The molecular formula is C30H36N2. The molecule has 2 nitrogen and oxygen atoms in total. The zero-order chi connectivity index (χ0) is 22.9. The van der Waals surface area contributed by atoms with Gasteiger partial charge in [-0.2, -0.15) is 0 Å². The topological polar surface area (TPSA) is 6.48 Å². The Labute approximate surface area is 194 Å². The monoisotopic (exact) mass is 424 g/mol. The summed E-state index contributed by atoms with van der Waals surface area (Å²) in [6, 6.07) is 26.0. The van der Waals surface area contributed by atoms with Crippen LogP contribution in [-0.2, 0) is 12.8 Å². The fraction of sp³-hybridized carbons (Fsp3) is 0.267. The van der Waals surface area contributed by atoms with Crippen molar-refractivity contribution >= 4 is 17.5 Å². The van der Waals surface area contributed by atoms with Gasteiger partial charge in [-0.05, 0) is 81.2 Å². The minimum atomic E-state index is 0.956. The van der Waals surface area contributed by atoms with Crippen LogP contribution in [0.15, 0.2) is 90.5 Å². The molecule has 166 valence electrons. The molecule has 0 aliphatic heterocycles. The normalized spacial score (nSPS) is 12.0. The van der Waals surface area contributed by atoms with Gasteiger partial charge in [0.2, 0.25) is 0 Å². The van der Waals surface area contributed by atoms with Crippen molar-refractivity contribution in [3.05, 3.63) is 113 Å². The lowest BCUT2D eigenvalue weighted by Gasteiger charge is -2.22. The number of benzene rings is 3. The fourth-order valence-electron chi connectivity index (χ4n) is 3.92. The number of rotatable bonds is 9. The standard InChI is InChI=1S/C30H36N2/c1-24(22-28-13-10-9-12-27(28)14-11-21-31(3)4)17-18-26-19-20-30(25(2)23-26)32(5)29-15-7-6-8-16-29/h6-17,19-20,23H,18,21-22H2,1-5H3/b14-11-,24-17+. The van der Waals surface area contributed by atoms with Crippen LogP contribution in [0.2, 0.25) is 0 Å². The summed E-state index contributed by atoms with van der Waals surface area (Å²) >= 11 is 0. The molecule has 3 rings (SSSR count). The molecule has 0 N–H and O–H groups in total. The SMILES string of the molecule is C/C(=C\Cc1ccc(N(C)c2ccccc2)c(C)c1)Cc1ccccc1/C=C\CN(C)C. The number of anilines is 2. The molecule has 0 aliphatic rings. The smallest absolute Gasteiger partial charge is 0.0437 e. The predicted octanol–water partition coefficient (Wildman–Crippen LogP) is 7.07. The number of likely N-dealkylation sites (N-methyl/N-ethyl adjacent to an activating group) is 1. The molecule has 0 amide bonds. The first-order valence-electron chi connectivity index (χ1n) is 11.4. The second kappa shape index (κ2) is 11.5. The van der Waals surface area contributed by atoms with Crippen molar-refractivity contribution in [3.8, 4) is 0 Å². The van der Waals surface area contributed by atoms with Gasteiger partial charge in [-0.1, -0.05) is 78.4 Å². The number of hydrogen-bond acceptors (Lipinski definition) is 2. The van der Waals surface area contributed by atoms with Gasteiger partial charge in [0, 0.05) is 25.0 Å². The first-order valence-corrected chi connectivity index (χ1v) is 11.4. The summed E-state index contributed by atoms with van der Waals surface area (Å²) < 4.78 is 0. The van der Waals surface area contributed by atoms with E-state index in [2.05, 4.69) is 136 Å². The van der Waals surface area contributed by atoms with E-state index in [1.165, 1.54) is 39.2 Å². The fourth-order valence-corrected chi connectivity index (χ4v) is 3.92. The van der Waals surface area contributed by atoms with Crippen LogP contribution < -0.4 is 4.90 Å². The second-order valence-electron chi connectivity index (χ2n) is 8.81. The third kappa shape index (κ3) is 6.70. The molecule has 0 bridgehead atoms. The highest BCUT2D eigenvalue weighted by Gasteiger charge is 2.07. The van der Waals surface area contributed by atoms with Crippen molar-refractivity contribution in [2.45, 2.75) is 26.7 Å². The van der Waals surface area contributed by atoms with Gasteiger partial charge in [-0.15, -0.1) is 0 Å². The summed E-state index contributed by atoms with van der Waals surface area (Å²) in [4.78, 5) is 4.43. The third-order valence-corrected chi connectivity index (χ3v) is 5.74. The zero-order valence-corrected chi connectivity index (χ0v) is 20.2. The van der Waals surface area contributed by atoms with Crippen molar-refractivity contribution in [1.82, 2.24) is 4.90 Å². The lowest BCUT2D eigenvalue weighted by atomic mass is 9.98. The number of hydrogen-bond donors (Lipinski definition) is 0. The number of aryl methyl sites for hydroxylation is 1. The van der Waals surface area contributed by atoms with E-state index < -0.39 is 0 Å². The first kappa shape index (κ1) is 23.6. The highest BCUT2D eigenvalue weighted by Crippen LogP contribution is 2.27. The molecule has 0 unspecified atom stereocenters. The molecule has 32 heavy (non-hydrogen) atoms. The average molecular weight is 425 g/mol. The summed E-state index contributed by atoms with van der Waals surface area (Å²) in [6.07, 6.45) is 8.79. The Morgan fingerprint density at radius 3 is 2.31 bits per heavy atom. The van der Waals surface area contributed by atoms with E-state index in [4.69, 9.17) is 0 Å². The van der Waals surface area contributed by atoms with Crippen molar-refractivity contribution in [2.75, 3.05) is 32.6 Å². The molecule has 0 radical (unpaired) electrons. The highest BCUT2D eigenvalue weighted by atomic mass is 15.1. The van der Waals surface area contributed by atoms with Crippen molar-refractivity contribution in [2.24, 2.45) is 0 Å². The number of allylic oxidation sites excluding steroid dienone is 2. The van der Waals surface area contributed by atoms with Crippen LogP contribution in [0.5, 0.6) is 0 Å². The Balaban J connectivity index is 1.67. The van der Waals surface area contributed by atoms with E-state index in [1.54, 1.807) is 0 Å². The van der Waals surface area contributed by atoms with Gasteiger partial charge in [0.25, 0.3) is 0 Å². The van der Waals surface area contributed by atoms with Gasteiger partial charge in [-0.3, -0.25) is 0 Å². The molecule has 0 saturated carbocycles. The maximum absolute atomic E-state index is 2.37. The summed E-state index contributed by atoms with van der Waals surface area (Å²) in [7, 11) is 6.32. The van der Waals surface area contributed by atoms with Crippen LogP contribution in [0.4, 0.5) is 11.4 Å². The molecule has 0 spiro atoms. The first-order chi connectivity index (χ1) is 15.4. The summed E-state index contributed by atoms with van der Waals surface area (Å²) in [5, 5.41) is 0. The molecule has 2 heteroatoms. The third-order valence-electron chi connectivity index (χ3n) is 5.74. The summed E-state index contributed by atoms with van der Waals surface area (Å²) in [5.41, 5.74) is 9.21. The molecule has 0 atom stereocenters. The summed E-state index contributed by atoms with van der Waals surface area (Å²) in [6.45, 7) is 5.40. The van der Waals surface area contributed by atoms with Gasteiger partial charge in [0.15, 0.2) is 0 Å². The Morgan fingerprint density at radius 2 is 1.59 bits per heavy atom. The number of para-hydroxylation sites is 1. The summed E-state index contributed by atoms with van der Waals surface area (Å²) in [5.74, 6) is 0. The van der Waals surface area contributed by atoms with Gasteiger partial charge in [-0.25, -0.2) is 0 Å². The maximum atomic E-state index is 2.37. The Bertz CT molecular complexity index is 1060. The predicted molar refractivity (Wildman–Crippen MR) is 141 cm³/mol. The Morgan fingerprint density at radius 1 is 0.875 bits per heavy atom. The van der Waals surface area contributed by atoms with Crippen LogP contribution in [0.3, 0.4) is 0 Å². The van der Waals surface area contributed by atoms with E-state index in [0.29, 0.717) is 0 Å². The van der Waals surface area contributed by atoms with Crippen LogP contribution in [0.1, 0.15) is 29.2 Å². The van der Waals surface area contributed by atoms with Gasteiger partial charge in [0.1, 0.15) is 0 Å². The van der Waals surface area contributed by atoms with Crippen LogP contribution >= 0.6 is 0 Å². The average Bonchev–Trinajstić information content (AvgIpc) is 2.79. The lowest BCUT2D eigenvalue weighted by Crippen LogP contribution is -2.10. The molecule has 3 aromatic rings. The highest BCUT2D eigenvalue weighted by molar-refractivity contribution is 5.66. The van der Waals surface area contributed by atoms with E-state index in [0.717, 1.165) is 19.4 Å². The molecule has 0 fully saturated rings. The van der Waals surface area contributed by atoms with E-state index >= 15 is 0 Å².